The van der Waals surface area contributed by atoms with Crippen molar-refractivity contribution in [3.8, 4) is 0 Å². The first-order chi connectivity index (χ1) is 6.81. The van der Waals surface area contributed by atoms with Crippen molar-refractivity contribution in [3.05, 3.63) is 17.8 Å². The highest BCUT2D eigenvalue weighted by Crippen LogP contribution is 2.36. The molecule has 1 aliphatic carbocycles. The second-order valence-electron chi connectivity index (χ2n) is 3.42. The highest BCUT2D eigenvalue weighted by Gasteiger charge is 2.25. The summed E-state index contributed by atoms with van der Waals surface area (Å²) in [7, 11) is 0. The number of ether oxygens (including phenoxy) is 1. The van der Waals surface area contributed by atoms with E-state index in [0.29, 0.717) is 12.5 Å². The van der Waals surface area contributed by atoms with E-state index in [4.69, 9.17) is 9.15 Å². The topological polar surface area (TPSA) is 52.3 Å². The molecule has 0 unspecified atom stereocenters. The third-order valence-corrected chi connectivity index (χ3v) is 2.48. The molecule has 1 saturated carbocycles. The zero-order valence-corrected chi connectivity index (χ0v) is 8.16. The lowest BCUT2D eigenvalue weighted by molar-refractivity contribution is 0.0477. The Balaban J connectivity index is 2.05. The molecule has 1 heterocycles. The quantitative estimate of drug-likeness (QED) is 0.693. The molecule has 1 aromatic rings. The molecule has 0 spiro atoms. The standard InChI is InChI=1S/C10H13NO3/c1-2-13-10(12)9-11-6-8(14-9)7-4-3-5-7/h6-7H,2-5H2,1H3. The van der Waals surface area contributed by atoms with E-state index >= 15 is 0 Å². The maximum absolute atomic E-state index is 11.2. The van der Waals surface area contributed by atoms with Crippen molar-refractivity contribution < 1.29 is 13.9 Å². The van der Waals surface area contributed by atoms with Crippen LogP contribution in [0.25, 0.3) is 0 Å². The van der Waals surface area contributed by atoms with Gasteiger partial charge in [0.1, 0.15) is 5.76 Å². The molecule has 4 nitrogen and oxygen atoms in total. The number of aromatic nitrogens is 1. The van der Waals surface area contributed by atoms with Crippen LogP contribution in [0.15, 0.2) is 10.6 Å². The first-order valence-corrected chi connectivity index (χ1v) is 4.94. The van der Waals surface area contributed by atoms with E-state index in [1.165, 1.54) is 6.42 Å². The molecule has 14 heavy (non-hydrogen) atoms. The summed E-state index contributed by atoms with van der Waals surface area (Å²) in [4.78, 5) is 15.1. The van der Waals surface area contributed by atoms with Crippen LogP contribution in [0.3, 0.4) is 0 Å². The summed E-state index contributed by atoms with van der Waals surface area (Å²) >= 11 is 0. The molecular formula is C10H13NO3. The lowest BCUT2D eigenvalue weighted by Crippen LogP contribution is -2.07. The Morgan fingerprint density at radius 1 is 1.71 bits per heavy atom. The number of nitrogens with zero attached hydrogens (tertiary/aromatic N) is 1. The zero-order valence-electron chi connectivity index (χ0n) is 8.16. The van der Waals surface area contributed by atoms with Gasteiger partial charge in [-0.05, 0) is 19.8 Å². The van der Waals surface area contributed by atoms with Gasteiger partial charge in [-0.3, -0.25) is 0 Å². The zero-order chi connectivity index (χ0) is 9.97. The van der Waals surface area contributed by atoms with Crippen molar-refractivity contribution in [1.82, 2.24) is 4.98 Å². The van der Waals surface area contributed by atoms with Crippen LogP contribution in [-0.2, 0) is 4.74 Å². The van der Waals surface area contributed by atoms with Crippen LogP contribution >= 0.6 is 0 Å². The maximum atomic E-state index is 11.2. The summed E-state index contributed by atoms with van der Waals surface area (Å²) in [6.07, 6.45) is 5.14. The number of rotatable bonds is 3. The minimum Gasteiger partial charge on any atom is -0.459 e. The van der Waals surface area contributed by atoms with Crippen molar-refractivity contribution in [2.24, 2.45) is 0 Å². The Kier molecular flexibility index (Phi) is 2.52. The lowest BCUT2D eigenvalue weighted by Gasteiger charge is -2.21. The van der Waals surface area contributed by atoms with Crippen LogP contribution in [0.1, 0.15) is 48.5 Å². The molecule has 0 bridgehead atoms. The second-order valence-corrected chi connectivity index (χ2v) is 3.42. The number of carbonyl (C=O) groups excluding carboxylic acids is 1. The van der Waals surface area contributed by atoms with E-state index in [1.807, 2.05) is 0 Å². The van der Waals surface area contributed by atoms with Gasteiger partial charge in [0.05, 0.1) is 12.8 Å². The van der Waals surface area contributed by atoms with Crippen LogP contribution < -0.4 is 0 Å². The van der Waals surface area contributed by atoms with E-state index in [1.54, 1.807) is 13.1 Å². The predicted octanol–water partition coefficient (Wildman–Crippen LogP) is 2.12. The molecule has 0 radical (unpaired) electrons. The molecule has 0 aromatic carbocycles. The molecule has 1 fully saturated rings. The first kappa shape index (κ1) is 9.24. The molecule has 76 valence electrons. The van der Waals surface area contributed by atoms with Crippen molar-refractivity contribution in [2.45, 2.75) is 32.1 Å². The molecule has 2 rings (SSSR count). The summed E-state index contributed by atoms with van der Waals surface area (Å²) in [6, 6.07) is 0. The van der Waals surface area contributed by atoms with Crippen molar-refractivity contribution in [1.29, 1.82) is 0 Å². The summed E-state index contributed by atoms with van der Waals surface area (Å²) in [5, 5.41) is 0. The number of hydrogen-bond acceptors (Lipinski definition) is 4. The Morgan fingerprint density at radius 2 is 2.50 bits per heavy atom. The fraction of sp³-hybridized carbons (Fsp3) is 0.600. The Bertz CT molecular complexity index is 328. The van der Waals surface area contributed by atoms with Gasteiger partial charge in [0, 0.05) is 5.92 Å². The van der Waals surface area contributed by atoms with Crippen LogP contribution in [0.2, 0.25) is 0 Å². The largest absolute Gasteiger partial charge is 0.459 e. The number of carbonyl (C=O) groups is 1. The van der Waals surface area contributed by atoms with Gasteiger partial charge < -0.3 is 9.15 Å². The van der Waals surface area contributed by atoms with Gasteiger partial charge in [0.25, 0.3) is 0 Å². The molecular weight excluding hydrogens is 182 g/mol. The van der Waals surface area contributed by atoms with Gasteiger partial charge in [-0.1, -0.05) is 6.42 Å². The van der Waals surface area contributed by atoms with Gasteiger partial charge in [0.15, 0.2) is 0 Å². The number of esters is 1. The lowest BCUT2D eigenvalue weighted by atomic mass is 9.84. The van der Waals surface area contributed by atoms with E-state index in [0.717, 1.165) is 18.6 Å². The van der Waals surface area contributed by atoms with Gasteiger partial charge in [-0.25, -0.2) is 9.78 Å². The van der Waals surface area contributed by atoms with E-state index in [9.17, 15) is 4.79 Å². The molecule has 0 amide bonds. The summed E-state index contributed by atoms with van der Waals surface area (Å²) < 4.78 is 10.1. The molecule has 0 saturated heterocycles. The maximum Gasteiger partial charge on any atom is 0.394 e. The van der Waals surface area contributed by atoms with Gasteiger partial charge in [0.2, 0.25) is 0 Å². The smallest absolute Gasteiger partial charge is 0.394 e. The van der Waals surface area contributed by atoms with E-state index in [2.05, 4.69) is 4.98 Å². The monoisotopic (exact) mass is 195 g/mol. The van der Waals surface area contributed by atoms with Crippen molar-refractivity contribution in [2.75, 3.05) is 6.61 Å². The normalized spacial score (nSPS) is 16.4. The molecule has 0 atom stereocenters. The van der Waals surface area contributed by atoms with Gasteiger partial charge in [-0.2, -0.15) is 0 Å². The average Bonchev–Trinajstić information content (AvgIpc) is 2.50. The summed E-state index contributed by atoms with van der Waals surface area (Å²) in [5.74, 6) is 0.886. The van der Waals surface area contributed by atoms with Crippen molar-refractivity contribution >= 4 is 5.97 Å². The second kappa shape index (κ2) is 3.82. The van der Waals surface area contributed by atoms with Gasteiger partial charge in [-0.15, -0.1) is 0 Å². The van der Waals surface area contributed by atoms with Gasteiger partial charge >= 0.3 is 11.9 Å². The van der Waals surface area contributed by atoms with E-state index in [-0.39, 0.29) is 5.89 Å². The van der Waals surface area contributed by atoms with Crippen LogP contribution in [0.4, 0.5) is 0 Å². The van der Waals surface area contributed by atoms with Crippen molar-refractivity contribution in [3.63, 3.8) is 0 Å². The molecule has 1 aromatic heterocycles. The highest BCUT2D eigenvalue weighted by molar-refractivity contribution is 5.84. The van der Waals surface area contributed by atoms with Crippen LogP contribution in [0, 0.1) is 0 Å². The molecule has 4 heteroatoms. The fourth-order valence-corrected chi connectivity index (χ4v) is 1.46. The SMILES string of the molecule is CCOC(=O)c1ncc(C2CCC2)o1. The molecule has 1 aliphatic rings. The predicted molar refractivity (Wildman–Crippen MR) is 49.1 cm³/mol. The average molecular weight is 195 g/mol. The summed E-state index contributed by atoms with van der Waals surface area (Å²) in [6.45, 7) is 2.10. The third kappa shape index (κ3) is 1.64. The fourth-order valence-electron chi connectivity index (χ4n) is 1.46. The molecule has 0 aliphatic heterocycles. The van der Waals surface area contributed by atoms with E-state index < -0.39 is 5.97 Å². The summed E-state index contributed by atoms with van der Waals surface area (Å²) in [5.41, 5.74) is 0. The minimum absolute atomic E-state index is 0.0775. The molecule has 0 N–H and O–H groups in total. The van der Waals surface area contributed by atoms with Crippen LogP contribution in [0.5, 0.6) is 0 Å². The Hall–Kier alpha value is -1.32. The number of oxazole rings is 1. The Labute approximate surface area is 82.3 Å². The Morgan fingerprint density at radius 3 is 3.07 bits per heavy atom. The van der Waals surface area contributed by atoms with Crippen LogP contribution in [-0.4, -0.2) is 17.6 Å². The minimum atomic E-state index is -0.474. The first-order valence-electron chi connectivity index (χ1n) is 4.94. The third-order valence-electron chi connectivity index (χ3n) is 2.48. The highest BCUT2D eigenvalue weighted by atomic mass is 16.5. The number of hydrogen-bond donors (Lipinski definition) is 0.